The van der Waals surface area contributed by atoms with Gasteiger partial charge in [0.05, 0.1) is 6.04 Å². The van der Waals surface area contributed by atoms with Crippen molar-refractivity contribution in [2.75, 3.05) is 0 Å². The van der Waals surface area contributed by atoms with Crippen molar-refractivity contribution in [1.82, 2.24) is 15.5 Å². The standard InChI is InChI=1S/C17H13F2N3O2/c1-10(11-6-3-2-4-7-11)20-15(23)17-22-21-16(24-17)14-12(18)8-5-9-13(14)19/h2-10H,1H3,(H,20,23)/t10-/m0/s1. The lowest BCUT2D eigenvalue weighted by atomic mass is 10.1. The fourth-order valence-corrected chi connectivity index (χ4v) is 2.20. The van der Waals surface area contributed by atoms with Gasteiger partial charge in [-0.3, -0.25) is 4.79 Å². The maximum absolute atomic E-state index is 13.7. The average molecular weight is 329 g/mol. The molecule has 1 N–H and O–H groups in total. The fourth-order valence-electron chi connectivity index (χ4n) is 2.20. The number of amides is 1. The smallest absolute Gasteiger partial charge is 0.309 e. The van der Waals surface area contributed by atoms with Gasteiger partial charge in [0.25, 0.3) is 5.89 Å². The molecule has 1 atom stereocenters. The van der Waals surface area contributed by atoms with Gasteiger partial charge in [-0.15, -0.1) is 10.2 Å². The third-order valence-corrected chi connectivity index (χ3v) is 3.44. The van der Waals surface area contributed by atoms with E-state index in [1.807, 2.05) is 30.3 Å². The van der Waals surface area contributed by atoms with Crippen LogP contribution in [0.4, 0.5) is 8.78 Å². The quantitative estimate of drug-likeness (QED) is 0.795. The summed E-state index contributed by atoms with van der Waals surface area (Å²) in [5, 5.41) is 9.79. The van der Waals surface area contributed by atoms with Crippen LogP contribution in [0, 0.1) is 11.6 Å². The average Bonchev–Trinajstić information content (AvgIpc) is 3.05. The number of benzene rings is 2. The van der Waals surface area contributed by atoms with Crippen molar-refractivity contribution in [3.8, 4) is 11.5 Å². The lowest BCUT2D eigenvalue weighted by Crippen LogP contribution is -2.26. The lowest BCUT2D eigenvalue weighted by Gasteiger charge is -2.12. The highest BCUT2D eigenvalue weighted by Crippen LogP contribution is 2.24. The summed E-state index contributed by atoms with van der Waals surface area (Å²) in [5.41, 5.74) is 0.436. The third kappa shape index (κ3) is 3.15. The number of hydrogen-bond acceptors (Lipinski definition) is 4. The number of nitrogens with one attached hydrogen (secondary N) is 1. The van der Waals surface area contributed by atoms with Gasteiger partial charge in [0.15, 0.2) is 0 Å². The maximum atomic E-state index is 13.7. The van der Waals surface area contributed by atoms with Gasteiger partial charge in [0.2, 0.25) is 0 Å². The van der Waals surface area contributed by atoms with E-state index in [1.54, 1.807) is 6.92 Å². The molecule has 3 rings (SSSR count). The number of halogens is 2. The highest BCUT2D eigenvalue weighted by atomic mass is 19.1. The van der Waals surface area contributed by atoms with Crippen molar-refractivity contribution in [3.63, 3.8) is 0 Å². The molecule has 0 spiro atoms. The number of carbonyl (C=O) groups is 1. The zero-order valence-corrected chi connectivity index (χ0v) is 12.7. The summed E-state index contributed by atoms with van der Waals surface area (Å²) in [4.78, 5) is 12.1. The van der Waals surface area contributed by atoms with Gasteiger partial charge in [-0.1, -0.05) is 36.4 Å². The summed E-state index contributed by atoms with van der Waals surface area (Å²) in [6.45, 7) is 1.79. The Kier molecular flexibility index (Phi) is 4.33. The van der Waals surface area contributed by atoms with Crippen LogP contribution in [0.25, 0.3) is 11.5 Å². The minimum Gasteiger partial charge on any atom is -0.412 e. The highest BCUT2D eigenvalue weighted by Gasteiger charge is 2.22. The number of rotatable bonds is 4. The molecule has 7 heteroatoms. The Hall–Kier alpha value is -3.09. The van der Waals surface area contributed by atoms with Crippen LogP contribution in [0.15, 0.2) is 52.9 Å². The minimum absolute atomic E-state index is 0.292. The van der Waals surface area contributed by atoms with Gasteiger partial charge in [-0.25, -0.2) is 8.78 Å². The molecule has 1 heterocycles. The molecule has 1 aromatic heterocycles. The summed E-state index contributed by atoms with van der Waals surface area (Å²) in [5.74, 6) is -3.06. The Morgan fingerprint density at radius 2 is 1.71 bits per heavy atom. The topological polar surface area (TPSA) is 68.0 Å². The normalized spacial score (nSPS) is 12.0. The Morgan fingerprint density at radius 1 is 1.04 bits per heavy atom. The van der Waals surface area contributed by atoms with Crippen molar-refractivity contribution < 1.29 is 18.0 Å². The van der Waals surface area contributed by atoms with E-state index in [1.165, 1.54) is 6.07 Å². The van der Waals surface area contributed by atoms with E-state index in [4.69, 9.17) is 4.42 Å². The molecular formula is C17H13F2N3O2. The molecule has 24 heavy (non-hydrogen) atoms. The second kappa shape index (κ2) is 6.57. The van der Waals surface area contributed by atoms with Crippen molar-refractivity contribution in [3.05, 3.63) is 71.6 Å². The molecule has 0 unspecified atom stereocenters. The van der Waals surface area contributed by atoms with Crippen LogP contribution in [0.1, 0.15) is 29.2 Å². The molecule has 0 radical (unpaired) electrons. The van der Waals surface area contributed by atoms with Crippen LogP contribution >= 0.6 is 0 Å². The largest absolute Gasteiger partial charge is 0.412 e. The van der Waals surface area contributed by atoms with Crippen molar-refractivity contribution in [1.29, 1.82) is 0 Å². The van der Waals surface area contributed by atoms with Crippen LogP contribution in [0.5, 0.6) is 0 Å². The van der Waals surface area contributed by atoms with E-state index in [0.29, 0.717) is 0 Å². The van der Waals surface area contributed by atoms with Crippen molar-refractivity contribution >= 4 is 5.91 Å². The van der Waals surface area contributed by atoms with Crippen LogP contribution in [0.3, 0.4) is 0 Å². The first kappa shape index (κ1) is 15.8. The molecule has 5 nitrogen and oxygen atoms in total. The van der Waals surface area contributed by atoms with Gasteiger partial charge in [0.1, 0.15) is 17.2 Å². The van der Waals surface area contributed by atoms with E-state index in [0.717, 1.165) is 17.7 Å². The van der Waals surface area contributed by atoms with Gasteiger partial charge in [0, 0.05) is 0 Å². The molecule has 2 aromatic carbocycles. The predicted molar refractivity (Wildman–Crippen MR) is 82.0 cm³/mol. The number of aromatic nitrogens is 2. The summed E-state index contributed by atoms with van der Waals surface area (Å²) >= 11 is 0. The first-order valence-corrected chi connectivity index (χ1v) is 7.20. The monoisotopic (exact) mass is 329 g/mol. The first-order chi connectivity index (χ1) is 11.6. The Morgan fingerprint density at radius 3 is 2.38 bits per heavy atom. The van der Waals surface area contributed by atoms with E-state index in [9.17, 15) is 13.6 Å². The SMILES string of the molecule is C[C@H](NC(=O)c1nnc(-c2c(F)cccc2F)o1)c1ccccc1. The summed E-state index contributed by atoms with van der Waals surface area (Å²) in [6, 6.07) is 12.4. The van der Waals surface area contributed by atoms with Crippen molar-refractivity contribution in [2.24, 2.45) is 0 Å². The molecule has 0 saturated heterocycles. The highest BCUT2D eigenvalue weighted by molar-refractivity contribution is 5.90. The zero-order chi connectivity index (χ0) is 17.1. The second-order valence-corrected chi connectivity index (χ2v) is 5.11. The first-order valence-electron chi connectivity index (χ1n) is 7.20. The molecule has 3 aromatic rings. The van der Waals surface area contributed by atoms with Crippen LogP contribution < -0.4 is 5.32 Å². The number of carbonyl (C=O) groups excluding carboxylic acids is 1. The molecule has 0 bridgehead atoms. The minimum atomic E-state index is -0.844. The van der Waals surface area contributed by atoms with E-state index >= 15 is 0 Å². The van der Waals surface area contributed by atoms with Gasteiger partial charge < -0.3 is 9.73 Å². The predicted octanol–water partition coefficient (Wildman–Crippen LogP) is 3.51. The molecule has 0 saturated carbocycles. The van der Waals surface area contributed by atoms with Crippen LogP contribution in [0.2, 0.25) is 0 Å². The van der Waals surface area contributed by atoms with E-state index in [-0.39, 0.29) is 17.8 Å². The van der Waals surface area contributed by atoms with Crippen molar-refractivity contribution in [2.45, 2.75) is 13.0 Å². The third-order valence-electron chi connectivity index (χ3n) is 3.44. The second-order valence-electron chi connectivity index (χ2n) is 5.11. The number of nitrogens with zero attached hydrogens (tertiary/aromatic N) is 2. The summed E-state index contributed by atoms with van der Waals surface area (Å²) in [6.07, 6.45) is 0. The Labute approximate surface area is 136 Å². The van der Waals surface area contributed by atoms with Gasteiger partial charge in [-0.2, -0.15) is 0 Å². The Balaban J connectivity index is 1.79. The van der Waals surface area contributed by atoms with E-state index in [2.05, 4.69) is 15.5 Å². The van der Waals surface area contributed by atoms with Gasteiger partial charge >= 0.3 is 11.8 Å². The summed E-state index contributed by atoms with van der Waals surface area (Å²) in [7, 11) is 0. The lowest BCUT2D eigenvalue weighted by molar-refractivity contribution is 0.0905. The van der Waals surface area contributed by atoms with Crippen LogP contribution in [-0.4, -0.2) is 16.1 Å². The Bertz CT molecular complexity index is 845. The fraction of sp³-hybridized carbons (Fsp3) is 0.118. The molecule has 122 valence electrons. The molecule has 1 amide bonds. The van der Waals surface area contributed by atoms with E-state index < -0.39 is 23.1 Å². The molecule has 0 aliphatic heterocycles. The molecule has 0 fully saturated rings. The number of hydrogen-bond donors (Lipinski definition) is 1. The van der Waals surface area contributed by atoms with Gasteiger partial charge in [-0.05, 0) is 24.6 Å². The molecule has 0 aliphatic carbocycles. The molecular weight excluding hydrogens is 316 g/mol. The van der Waals surface area contributed by atoms with Crippen LogP contribution in [-0.2, 0) is 0 Å². The maximum Gasteiger partial charge on any atom is 0.309 e. The molecule has 0 aliphatic rings. The summed E-state index contributed by atoms with van der Waals surface area (Å²) < 4.78 is 32.5. The zero-order valence-electron chi connectivity index (χ0n) is 12.7.